The standard InChI is InChI=1S/C16H20N2/c17-16(10-3-1-2-4-11-16)14-8-5-9-15-13(14)7-6-12-18-15/h5-9,12H,1-4,10-11,17H2. The van der Waals surface area contributed by atoms with Crippen molar-refractivity contribution in [3.8, 4) is 0 Å². The van der Waals surface area contributed by atoms with E-state index >= 15 is 0 Å². The van der Waals surface area contributed by atoms with Gasteiger partial charge in [0.05, 0.1) is 5.52 Å². The average Bonchev–Trinajstić information content (AvgIpc) is 2.64. The smallest absolute Gasteiger partial charge is 0.0705 e. The summed E-state index contributed by atoms with van der Waals surface area (Å²) in [5.41, 5.74) is 8.91. The SMILES string of the molecule is NC1(c2cccc3ncccc23)CCCCCC1. The van der Waals surface area contributed by atoms with Crippen molar-refractivity contribution in [1.82, 2.24) is 4.98 Å². The van der Waals surface area contributed by atoms with Crippen LogP contribution in [0.15, 0.2) is 36.5 Å². The molecule has 2 aromatic rings. The second-order valence-corrected chi connectivity index (χ2v) is 5.45. The lowest BCUT2D eigenvalue weighted by Crippen LogP contribution is -2.36. The van der Waals surface area contributed by atoms with E-state index in [1.54, 1.807) is 0 Å². The highest BCUT2D eigenvalue weighted by Gasteiger charge is 2.29. The number of benzene rings is 1. The zero-order valence-electron chi connectivity index (χ0n) is 10.7. The van der Waals surface area contributed by atoms with Gasteiger partial charge in [-0.3, -0.25) is 4.98 Å². The van der Waals surface area contributed by atoms with Gasteiger partial charge in [-0.15, -0.1) is 0 Å². The third kappa shape index (κ3) is 2.01. The van der Waals surface area contributed by atoms with Gasteiger partial charge in [0, 0.05) is 17.1 Å². The summed E-state index contributed by atoms with van der Waals surface area (Å²) in [5, 5.41) is 1.23. The topological polar surface area (TPSA) is 38.9 Å². The van der Waals surface area contributed by atoms with E-state index in [1.807, 2.05) is 12.3 Å². The van der Waals surface area contributed by atoms with Crippen molar-refractivity contribution in [2.45, 2.75) is 44.1 Å². The maximum atomic E-state index is 6.72. The number of nitrogens with two attached hydrogens (primary N) is 1. The van der Waals surface area contributed by atoms with Crippen molar-refractivity contribution in [2.75, 3.05) is 0 Å². The maximum absolute atomic E-state index is 6.72. The lowest BCUT2D eigenvalue weighted by molar-refractivity contribution is 0.388. The normalized spacial score (nSPS) is 19.6. The van der Waals surface area contributed by atoms with E-state index in [0.717, 1.165) is 18.4 Å². The zero-order chi connectivity index (χ0) is 12.4. The molecule has 1 fully saturated rings. The molecule has 94 valence electrons. The first-order valence-electron chi connectivity index (χ1n) is 6.93. The van der Waals surface area contributed by atoms with Gasteiger partial charge in [0.2, 0.25) is 0 Å². The second kappa shape index (κ2) is 4.69. The van der Waals surface area contributed by atoms with Gasteiger partial charge < -0.3 is 5.73 Å². The Kier molecular flexibility index (Phi) is 3.04. The van der Waals surface area contributed by atoms with E-state index in [4.69, 9.17) is 5.73 Å². The van der Waals surface area contributed by atoms with Crippen molar-refractivity contribution >= 4 is 10.9 Å². The molecule has 0 bridgehead atoms. The van der Waals surface area contributed by atoms with Gasteiger partial charge in [0.15, 0.2) is 0 Å². The van der Waals surface area contributed by atoms with E-state index in [1.165, 1.54) is 36.6 Å². The van der Waals surface area contributed by atoms with Crippen molar-refractivity contribution in [3.63, 3.8) is 0 Å². The molecule has 0 radical (unpaired) electrons. The Hall–Kier alpha value is -1.41. The fraction of sp³-hybridized carbons (Fsp3) is 0.438. The van der Waals surface area contributed by atoms with Crippen LogP contribution in [-0.4, -0.2) is 4.98 Å². The number of pyridine rings is 1. The summed E-state index contributed by atoms with van der Waals surface area (Å²) in [6.07, 6.45) is 9.18. The molecule has 1 saturated carbocycles. The van der Waals surface area contributed by atoms with Gasteiger partial charge in [-0.2, -0.15) is 0 Å². The Morgan fingerprint density at radius 2 is 1.72 bits per heavy atom. The largest absolute Gasteiger partial charge is 0.321 e. The molecule has 1 aromatic carbocycles. The third-order valence-corrected chi connectivity index (χ3v) is 4.18. The molecule has 1 heterocycles. The van der Waals surface area contributed by atoms with E-state index in [9.17, 15) is 0 Å². The van der Waals surface area contributed by atoms with Crippen molar-refractivity contribution in [1.29, 1.82) is 0 Å². The lowest BCUT2D eigenvalue weighted by atomic mass is 9.82. The van der Waals surface area contributed by atoms with E-state index in [0.29, 0.717) is 0 Å². The molecule has 0 atom stereocenters. The highest BCUT2D eigenvalue weighted by Crippen LogP contribution is 2.36. The first kappa shape index (κ1) is 11.7. The van der Waals surface area contributed by atoms with Gasteiger partial charge >= 0.3 is 0 Å². The molecular weight excluding hydrogens is 220 g/mol. The molecule has 18 heavy (non-hydrogen) atoms. The van der Waals surface area contributed by atoms with Crippen LogP contribution in [0.2, 0.25) is 0 Å². The summed E-state index contributed by atoms with van der Waals surface area (Å²) in [6.45, 7) is 0. The summed E-state index contributed by atoms with van der Waals surface area (Å²) in [7, 11) is 0. The Labute approximate surface area is 108 Å². The van der Waals surface area contributed by atoms with Crippen LogP contribution >= 0.6 is 0 Å². The first-order valence-corrected chi connectivity index (χ1v) is 6.93. The molecule has 0 amide bonds. The number of nitrogens with zero attached hydrogens (tertiary/aromatic N) is 1. The van der Waals surface area contributed by atoms with E-state index < -0.39 is 0 Å². The van der Waals surface area contributed by atoms with Gasteiger partial charge in [-0.05, 0) is 30.5 Å². The molecule has 0 unspecified atom stereocenters. The van der Waals surface area contributed by atoms with Gasteiger partial charge in [0.1, 0.15) is 0 Å². The fourth-order valence-corrected chi connectivity index (χ4v) is 3.17. The van der Waals surface area contributed by atoms with E-state index in [2.05, 4.69) is 29.2 Å². The third-order valence-electron chi connectivity index (χ3n) is 4.18. The Balaban J connectivity index is 2.12. The Bertz CT molecular complexity index is 534. The van der Waals surface area contributed by atoms with Crippen LogP contribution in [0.25, 0.3) is 10.9 Å². The highest BCUT2D eigenvalue weighted by atomic mass is 14.7. The molecular formula is C16H20N2. The fourth-order valence-electron chi connectivity index (χ4n) is 3.17. The summed E-state index contributed by atoms with van der Waals surface area (Å²) >= 11 is 0. The first-order chi connectivity index (χ1) is 8.80. The van der Waals surface area contributed by atoms with Gasteiger partial charge in [-0.1, -0.05) is 43.9 Å². The van der Waals surface area contributed by atoms with Crippen LogP contribution in [-0.2, 0) is 5.54 Å². The predicted molar refractivity (Wildman–Crippen MR) is 75.3 cm³/mol. The number of rotatable bonds is 1. The van der Waals surface area contributed by atoms with Crippen molar-refractivity contribution in [2.24, 2.45) is 5.73 Å². The molecule has 0 spiro atoms. The number of hydrogen-bond donors (Lipinski definition) is 1. The Morgan fingerprint density at radius 1 is 0.944 bits per heavy atom. The number of aromatic nitrogens is 1. The molecule has 2 N–H and O–H groups in total. The summed E-state index contributed by atoms with van der Waals surface area (Å²) in [5.74, 6) is 0. The molecule has 2 nitrogen and oxygen atoms in total. The molecule has 2 heteroatoms. The minimum atomic E-state index is -0.154. The maximum Gasteiger partial charge on any atom is 0.0705 e. The molecule has 1 aromatic heterocycles. The summed E-state index contributed by atoms with van der Waals surface area (Å²) < 4.78 is 0. The van der Waals surface area contributed by atoms with E-state index in [-0.39, 0.29) is 5.54 Å². The molecule has 1 aliphatic carbocycles. The van der Waals surface area contributed by atoms with Crippen molar-refractivity contribution in [3.05, 3.63) is 42.1 Å². The molecule has 0 aliphatic heterocycles. The van der Waals surface area contributed by atoms with Crippen LogP contribution in [0.4, 0.5) is 0 Å². The molecule has 3 rings (SSSR count). The van der Waals surface area contributed by atoms with Gasteiger partial charge in [0.25, 0.3) is 0 Å². The summed E-state index contributed by atoms with van der Waals surface area (Å²) in [4.78, 5) is 4.44. The average molecular weight is 240 g/mol. The number of hydrogen-bond acceptors (Lipinski definition) is 2. The minimum absolute atomic E-state index is 0.154. The molecule has 1 aliphatic rings. The quantitative estimate of drug-likeness (QED) is 0.771. The number of fused-ring (bicyclic) bond motifs is 1. The Morgan fingerprint density at radius 3 is 2.50 bits per heavy atom. The summed E-state index contributed by atoms with van der Waals surface area (Å²) in [6, 6.07) is 10.5. The lowest BCUT2D eigenvalue weighted by Gasteiger charge is -2.29. The minimum Gasteiger partial charge on any atom is -0.321 e. The zero-order valence-corrected chi connectivity index (χ0v) is 10.7. The molecule has 0 saturated heterocycles. The monoisotopic (exact) mass is 240 g/mol. The highest BCUT2D eigenvalue weighted by molar-refractivity contribution is 5.83. The van der Waals surface area contributed by atoms with Crippen molar-refractivity contribution < 1.29 is 0 Å². The van der Waals surface area contributed by atoms with Crippen LogP contribution in [0, 0.1) is 0 Å². The van der Waals surface area contributed by atoms with Crippen LogP contribution < -0.4 is 5.73 Å². The van der Waals surface area contributed by atoms with Crippen LogP contribution in [0.1, 0.15) is 44.1 Å². The second-order valence-electron chi connectivity index (χ2n) is 5.45. The van der Waals surface area contributed by atoms with Crippen LogP contribution in [0.3, 0.4) is 0 Å². The van der Waals surface area contributed by atoms with Gasteiger partial charge in [-0.25, -0.2) is 0 Å². The predicted octanol–water partition coefficient (Wildman–Crippen LogP) is 3.74. The van der Waals surface area contributed by atoms with Crippen LogP contribution in [0.5, 0.6) is 0 Å².